The van der Waals surface area contributed by atoms with Crippen LogP contribution in [0.15, 0.2) is 29.5 Å². The smallest absolute Gasteiger partial charge is 0.338 e. The van der Waals surface area contributed by atoms with Crippen molar-refractivity contribution >= 4 is 35.2 Å². The van der Waals surface area contributed by atoms with E-state index in [0.717, 1.165) is 0 Å². The molecular weight excluding hydrogens is 327 g/mol. The van der Waals surface area contributed by atoms with Crippen molar-refractivity contribution in [2.45, 2.75) is 32.9 Å². The van der Waals surface area contributed by atoms with Crippen molar-refractivity contribution < 1.29 is 14.3 Å². The minimum Gasteiger partial charge on any atom is -0.459 e. The number of carbonyl (C=O) groups is 2. The Morgan fingerprint density at radius 2 is 1.86 bits per heavy atom. The van der Waals surface area contributed by atoms with Crippen LogP contribution in [0.2, 0.25) is 10.0 Å². The standard InChI is InChI=1S/C15H16Cl2N2O3/c1-7(2)22-14(20)11-8(3)18-15(21)19-13(11)12-9(16)5-4-6-10(12)17/h4-7,13H,1-3H3,(H2,18,19,21)/t13-/m0/s1. The lowest BCUT2D eigenvalue weighted by atomic mass is 9.95. The van der Waals surface area contributed by atoms with E-state index in [1.807, 2.05) is 0 Å². The summed E-state index contributed by atoms with van der Waals surface area (Å²) in [5.74, 6) is -0.527. The molecule has 0 aliphatic carbocycles. The van der Waals surface area contributed by atoms with Gasteiger partial charge in [-0.3, -0.25) is 0 Å². The normalized spacial score (nSPS) is 18.1. The molecule has 1 heterocycles. The van der Waals surface area contributed by atoms with Gasteiger partial charge in [0.05, 0.1) is 17.7 Å². The molecule has 2 amide bonds. The number of carbonyl (C=O) groups excluding carboxylic acids is 2. The fourth-order valence-electron chi connectivity index (χ4n) is 2.24. The molecule has 0 bridgehead atoms. The Labute approximate surface area is 138 Å². The van der Waals surface area contributed by atoms with Crippen LogP contribution in [0.5, 0.6) is 0 Å². The molecule has 0 spiro atoms. The molecule has 5 nitrogen and oxygen atoms in total. The van der Waals surface area contributed by atoms with Crippen molar-refractivity contribution in [2.24, 2.45) is 0 Å². The molecule has 1 aliphatic heterocycles. The predicted molar refractivity (Wildman–Crippen MR) is 84.8 cm³/mol. The summed E-state index contributed by atoms with van der Waals surface area (Å²) in [6.45, 7) is 5.13. The lowest BCUT2D eigenvalue weighted by molar-refractivity contribution is -0.143. The Bertz CT molecular complexity index is 636. The van der Waals surface area contributed by atoms with Gasteiger partial charge in [0.1, 0.15) is 0 Å². The van der Waals surface area contributed by atoms with Gasteiger partial charge in [0.2, 0.25) is 0 Å². The Hall–Kier alpha value is -1.72. The van der Waals surface area contributed by atoms with Gasteiger partial charge in [-0.1, -0.05) is 29.3 Å². The van der Waals surface area contributed by atoms with E-state index in [2.05, 4.69) is 10.6 Å². The predicted octanol–water partition coefficient (Wildman–Crippen LogP) is 3.57. The van der Waals surface area contributed by atoms with Crippen molar-refractivity contribution in [3.63, 3.8) is 0 Å². The monoisotopic (exact) mass is 342 g/mol. The van der Waals surface area contributed by atoms with Gasteiger partial charge in [0.25, 0.3) is 0 Å². The summed E-state index contributed by atoms with van der Waals surface area (Å²) in [6, 6.07) is 3.80. The second-order valence-corrected chi connectivity index (χ2v) is 5.97. The quantitative estimate of drug-likeness (QED) is 0.825. The van der Waals surface area contributed by atoms with Gasteiger partial charge >= 0.3 is 12.0 Å². The first kappa shape index (κ1) is 16.6. The maximum absolute atomic E-state index is 12.4. The van der Waals surface area contributed by atoms with Crippen molar-refractivity contribution in [2.75, 3.05) is 0 Å². The van der Waals surface area contributed by atoms with Crippen molar-refractivity contribution in [3.8, 4) is 0 Å². The van der Waals surface area contributed by atoms with Crippen molar-refractivity contribution in [1.29, 1.82) is 0 Å². The van der Waals surface area contributed by atoms with E-state index in [1.165, 1.54) is 0 Å². The second kappa shape index (κ2) is 6.58. The van der Waals surface area contributed by atoms with Gasteiger partial charge in [-0.15, -0.1) is 0 Å². The third-order valence-corrected chi connectivity index (χ3v) is 3.78. The van der Waals surface area contributed by atoms with Crippen LogP contribution in [-0.4, -0.2) is 18.1 Å². The number of benzene rings is 1. The minimum absolute atomic E-state index is 0.281. The summed E-state index contributed by atoms with van der Waals surface area (Å²) >= 11 is 12.4. The fraction of sp³-hybridized carbons (Fsp3) is 0.333. The Balaban J connectivity index is 2.53. The summed E-state index contributed by atoms with van der Waals surface area (Å²) in [5.41, 5.74) is 1.16. The van der Waals surface area contributed by atoms with Gasteiger partial charge < -0.3 is 15.4 Å². The highest BCUT2D eigenvalue weighted by Crippen LogP contribution is 2.36. The van der Waals surface area contributed by atoms with Crippen LogP contribution in [0.4, 0.5) is 4.79 Å². The van der Waals surface area contributed by atoms with E-state index in [1.54, 1.807) is 39.0 Å². The van der Waals surface area contributed by atoms with Crippen LogP contribution in [0.1, 0.15) is 32.4 Å². The number of allylic oxidation sites excluding steroid dienone is 1. The zero-order valence-electron chi connectivity index (χ0n) is 12.4. The number of rotatable bonds is 3. The number of urea groups is 1. The van der Waals surface area contributed by atoms with E-state index in [9.17, 15) is 9.59 Å². The largest absolute Gasteiger partial charge is 0.459 e. The van der Waals surface area contributed by atoms with Crippen LogP contribution >= 0.6 is 23.2 Å². The number of esters is 1. The van der Waals surface area contributed by atoms with Gasteiger partial charge in [-0.2, -0.15) is 0 Å². The highest BCUT2D eigenvalue weighted by Gasteiger charge is 2.34. The molecule has 0 saturated carbocycles. The van der Waals surface area contributed by atoms with Gasteiger partial charge in [0, 0.05) is 21.3 Å². The topological polar surface area (TPSA) is 67.4 Å². The van der Waals surface area contributed by atoms with Gasteiger partial charge in [0.15, 0.2) is 0 Å². The molecule has 1 aliphatic rings. The molecule has 118 valence electrons. The average Bonchev–Trinajstić information content (AvgIpc) is 2.36. The van der Waals surface area contributed by atoms with Crippen LogP contribution in [0, 0.1) is 0 Å². The fourth-order valence-corrected chi connectivity index (χ4v) is 2.86. The first-order valence-corrected chi connectivity index (χ1v) is 7.50. The molecule has 0 unspecified atom stereocenters. The summed E-state index contributed by atoms with van der Waals surface area (Å²) in [6.07, 6.45) is -0.284. The van der Waals surface area contributed by atoms with Gasteiger partial charge in [-0.25, -0.2) is 9.59 Å². The molecule has 1 aromatic rings. The molecule has 2 N–H and O–H groups in total. The van der Waals surface area contributed by atoms with Crippen molar-refractivity contribution in [1.82, 2.24) is 10.6 Å². The highest BCUT2D eigenvalue weighted by molar-refractivity contribution is 6.36. The first-order valence-electron chi connectivity index (χ1n) is 6.74. The van der Waals surface area contributed by atoms with E-state index >= 15 is 0 Å². The Kier molecular flexibility index (Phi) is 4.98. The molecule has 0 fully saturated rings. The van der Waals surface area contributed by atoms with E-state index in [0.29, 0.717) is 21.3 Å². The SMILES string of the molecule is CC1=C(C(=O)OC(C)C)[C@@H](c2c(Cl)cccc2Cl)NC(=O)N1. The number of amides is 2. The summed E-state index contributed by atoms with van der Waals surface area (Å²) < 4.78 is 5.25. The van der Waals surface area contributed by atoms with Crippen LogP contribution in [-0.2, 0) is 9.53 Å². The molecule has 7 heteroatoms. The summed E-state index contributed by atoms with van der Waals surface area (Å²) in [5, 5.41) is 5.96. The lowest BCUT2D eigenvalue weighted by Gasteiger charge is -2.29. The van der Waals surface area contributed by atoms with Crippen LogP contribution < -0.4 is 10.6 Å². The maximum Gasteiger partial charge on any atom is 0.338 e. The third-order valence-electron chi connectivity index (χ3n) is 3.12. The third kappa shape index (κ3) is 3.36. The molecule has 0 saturated heterocycles. The van der Waals surface area contributed by atoms with Crippen molar-refractivity contribution in [3.05, 3.63) is 45.1 Å². The summed E-state index contributed by atoms with van der Waals surface area (Å²) in [7, 11) is 0. The maximum atomic E-state index is 12.4. The molecule has 22 heavy (non-hydrogen) atoms. The molecule has 0 aromatic heterocycles. The zero-order chi connectivity index (χ0) is 16.4. The number of halogens is 2. The van der Waals surface area contributed by atoms with Crippen LogP contribution in [0.25, 0.3) is 0 Å². The molecule has 1 aromatic carbocycles. The summed E-state index contributed by atoms with van der Waals surface area (Å²) in [4.78, 5) is 24.1. The Morgan fingerprint density at radius 3 is 2.41 bits per heavy atom. The number of hydrogen-bond acceptors (Lipinski definition) is 3. The second-order valence-electron chi connectivity index (χ2n) is 5.16. The van der Waals surface area contributed by atoms with Gasteiger partial charge in [-0.05, 0) is 32.9 Å². The highest BCUT2D eigenvalue weighted by atomic mass is 35.5. The molecule has 1 atom stereocenters. The minimum atomic E-state index is -0.763. The average molecular weight is 343 g/mol. The van der Waals surface area contributed by atoms with E-state index in [-0.39, 0.29) is 11.7 Å². The van der Waals surface area contributed by atoms with E-state index in [4.69, 9.17) is 27.9 Å². The zero-order valence-corrected chi connectivity index (χ0v) is 13.9. The molecule has 0 radical (unpaired) electrons. The van der Waals surface area contributed by atoms with Crippen LogP contribution in [0.3, 0.4) is 0 Å². The molecular formula is C15H16Cl2N2O3. The molecule has 2 rings (SSSR count). The van der Waals surface area contributed by atoms with E-state index < -0.39 is 18.0 Å². The first-order chi connectivity index (χ1) is 10.3. The number of nitrogens with one attached hydrogen (secondary N) is 2. The Morgan fingerprint density at radius 1 is 1.27 bits per heavy atom. The number of ether oxygens (including phenoxy) is 1. The number of hydrogen-bond donors (Lipinski definition) is 2. The lowest BCUT2D eigenvalue weighted by Crippen LogP contribution is -2.45.